The van der Waals surface area contributed by atoms with Crippen molar-refractivity contribution in [3.05, 3.63) is 102 Å². The standard InChI is InChI=1S/C24H20Cl2N2O3S/c1-16-12-14-19(15-13-16)32(30,31)28-21(22(29)18-10-6-3-7-11-18)20(27-24(28)23(25)26)17-8-4-2-5-9-17/h2-15,20-21,23H,1H3/t20-,21+/m0/s1. The molecular formula is C24H20Cl2N2O3S. The summed E-state index contributed by atoms with van der Waals surface area (Å²) in [6.07, 6.45) is 0. The fourth-order valence-electron chi connectivity index (χ4n) is 3.72. The van der Waals surface area contributed by atoms with E-state index in [4.69, 9.17) is 23.2 Å². The molecule has 0 aliphatic carbocycles. The SMILES string of the molecule is Cc1ccc(S(=O)(=O)N2C(C(Cl)Cl)=N[C@@H](c3ccccc3)[C@@H]2C(=O)c2ccccc2)cc1. The van der Waals surface area contributed by atoms with Gasteiger partial charge in [0.25, 0.3) is 10.0 Å². The molecule has 4 rings (SSSR count). The van der Waals surface area contributed by atoms with E-state index in [1.807, 2.05) is 25.1 Å². The minimum Gasteiger partial charge on any atom is -0.292 e. The average Bonchev–Trinajstić information content (AvgIpc) is 3.22. The van der Waals surface area contributed by atoms with E-state index in [0.717, 1.165) is 9.87 Å². The highest BCUT2D eigenvalue weighted by Gasteiger charge is 2.49. The monoisotopic (exact) mass is 486 g/mol. The van der Waals surface area contributed by atoms with Gasteiger partial charge in [-0.1, -0.05) is 102 Å². The molecule has 0 aromatic heterocycles. The molecule has 1 aliphatic rings. The van der Waals surface area contributed by atoms with E-state index in [1.165, 1.54) is 12.1 Å². The number of ketones is 1. The molecule has 3 aromatic rings. The van der Waals surface area contributed by atoms with Crippen LogP contribution in [0.5, 0.6) is 0 Å². The van der Waals surface area contributed by atoms with Crippen molar-refractivity contribution in [2.45, 2.75) is 28.7 Å². The summed E-state index contributed by atoms with van der Waals surface area (Å²) in [5.41, 5.74) is 1.97. The number of alkyl halides is 2. The Hall–Kier alpha value is -2.67. The van der Waals surface area contributed by atoms with E-state index in [2.05, 4.69) is 4.99 Å². The Labute approximate surface area is 197 Å². The molecule has 8 heteroatoms. The van der Waals surface area contributed by atoms with Gasteiger partial charge in [0.2, 0.25) is 0 Å². The second kappa shape index (κ2) is 9.06. The van der Waals surface area contributed by atoms with E-state index in [1.54, 1.807) is 54.6 Å². The van der Waals surface area contributed by atoms with Crippen LogP contribution in [0.1, 0.15) is 27.5 Å². The fourth-order valence-corrected chi connectivity index (χ4v) is 5.77. The van der Waals surface area contributed by atoms with Crippen LogP contribution in [0.4, 0.5) is 0 Å². The van der Waals surface area contributed by atoms with Gasteiger partial charge in [0.05, 0.1) is 4.90 Å². The number of halogens is 2. The van der Waals surface area contributed by atoms with Crippen molar-refractivity contribution in [3.8, 4) is 0 Å². The van der Waals surface area contributed by atoms with E-state index < -0.39 is 26.9 Å². The maximum absolute atomic E-state index is 13.8. The predicted octanol–water partition coefficient (Wildman–Crippen LogP) is 5.19. The number of hydrogen-bond acceptors (Lipinski definition) is 4. The van der Waals surface area contributed by atoms with Crippen LogP contribution >= 0.6 is 23.2 Å². The topological polar surface area (TPSA) is 66.8 Å². The molecule has 0 radical (unpaired) electrons. The van der Waals surface area contributed by atoms with E-state index in [0.29, 0.717) is 11.1 Å². The van der Waals surface area contributed by atoms with Gasteiger partial charge in [-0.2, -0.15) is 0 Å². The number of carbonyl (C=O) groups excluding carboxylic acids is 1. The molecule has 0 amide bonds. The summed E-state index contributed by atoms with van der Waals surface area (Å²) >= 11 is 12.4. The van der Waals surface area contributed by atoms with Crippen molar-refractivity contribution >= 4 is 44.8 Å². The van der Waals surface area contributed by atoms with Crippen LogP contribution in [0.25, 0.3) is 0 Å². The second-order valence-corrected chi connectivity index (χ2v) is 10.3. The Morgan fingerprint density at radius 2 is 1.47 bits per heavy atom. The molecule has 0 bridgehead atoms. The van der Waals surface area contributed by atoms with E-state index >= 15 is 0 Å². The Bertz CT molecular complexity index is 1250. The van der Waals surface area contributed by atoms with Gasteiger partial charge in [0.15, 0.2) is 10.6 Å². The van der Waals surface area contributed by atoms with Crippen molar-refractivity contribution in [1.29, 1.82) is 0 Å². The maximum atomic E-state index is 13.8. The van der Waals surface area contributed by atoms with Crippen molar-refractivity contribution < 1.29 is 13.2 Å². The summed E-state index contributed by atoms with van der Waals surface area (Å²) in [5, 5.41) is 0. The molecule has 0 fully saturated rings. The molecule has 1 heterocycles. The number of nitrogens with zero attached hydrogens (tertiary/aromatic N) is 2. The van der Waals surface area contributed by atoms with Crippen LogP contribution in [-0.2, 0) is 10.0 Å². The van der Waals surface area contributed by atoms with Gasteiger partial charge in [-0.3, -0.25) is 9.79 Å². The van der Waals surface area contributed by atoms with Gasteiger partial charge in [-0.05, 0) is 24.6 Å². The average molecular weight is 487 g/mol. The minimum atomic E-state index is -4.18. The summed E-state index contributed by atoms with van der Waals surface area (Å²) in [6, 6.07) is 22.0. The molecule has 0 unspecified atom stereocenters. The van der Waals surface area contributed by atoms with Gasteiger partial charge in [0, 0.05) is 5.56 Å². The molecule has 1 aliphatic heterocycles. The van der Waals surface area contributed by atoms with Gasteiger partial charge in [-0.15, -0.1) is 0 Å². The lowest BCUT2D eigenvalue weighted by molar-refractivity contribution is 0.0915. The number of aryl methyl sites for hydroxylation is 1. The zero-order valence-corrected chi connectivity index (χ0v) is 19.4. The van der Waals surface area contributed by atoms with E-state index in [-0.39, 0.29) is 16.5 Å². The van der Waals surface area contributed by atoms with Crippen LogP contribution in [0.15, 0.2) is 94.8 Å². The number of aliphatic imine (C=N–C) groups is 1. The lowest BCUT2D eigenvalue weighted by atomic mass is 9.94. The van der Waals surface area contributed by atoms with Crippen LogP contribution in [0.2, 0.25) is 0 Å². The number of rotatable bonds is 6. The first-order chi connectivity index (χ1) is 15.3. The first kappa shape index (κ1) is 22.5. The van der Waals surface area contributed by atoms with Gasteiger partial charge < -0.3 is 0 Å². The number of carbonyl (C=O) groups is 1. The zero-order valence-electron chi connectivity index (χ0n) is 17.1. The normalized spacial score (nSPS) is 18.6. The molecule has 0 N–H and O–H groups in total. The van der Waals surface area contributed by atoms with Crippen molar-refractivity contribution in [2.24, 2.45) is 4.99 Å². The Balaban J connectivity index is 1.90. The summed E-state index contributed by atoms with van der Waals surface area (Å²) in [7, 11) is -4.18. The first-order valence-electron chi connectivity index (χ1n) is 9.92. The summed E-state index contributed by atoms with van der Waals surface area (Å²) in [4.78, 5) is 17.0. The Morgan fingerprint density at radius 3 is 2.03 bits per heavy atom. The lowest BCUT2D eigenvalue weighted by Crippen LogP contribution is -2.48. The molecule has 0 spiro atoms. The summed E-state index contributed by atoms with van der Waals surface area (Å²) in [5.74, 6) is -0.458. The Kier molecular flexibility index (Phi) is 6.38. The second-order valence-electron chi connectivity index (χ2n) is 7.43. The molecule has 5 nitrogen and oxygen atoms in total. The predicted molar refractivity (Wildman–Crippen MR) is 127 cm³/mol. The maximum Gasteiger partial charge on any atom is 0.266 e. The summed E-state index contributed by atoms with van der Waals surface area (Å²) < 4.78 is 28.5. The molecule has 0 saturated heterocycles. The van der Waals surface area contributed by atoms with Crippen molar-refractivity contribution in [3.63, 3.8) is 0 Å². The van der Waals surface area contributed by atoms with Crippen LogP contribution < -0.4 is 0 Å². The number of amidine groups is 1. The van der Waals surface area contributed by atoms with Crippen LogP contribution in [-0.4, -0.2) is 35.2 Å². The minimum absolute atomic E-state index is 0.0318. The molecular weight excluding hydrogens is 467 g/mol. The van der Waals surface area contributed by atoms with E-state index in [9.17, 15) is 13.2 Å². The quantitative estimate of drug-likeness (QED) is 0.355. The largest absolute Gasteiger partial charge is 0.292 e. The molecule has 3 aromatic carbocycles. The molecule has 164 valence electrons. The van der Waals surface area contributed by atoms with Gasteiger partial charge >= 0.3 is 0 Å². The number of hydrogen-bond donors (Lipinski definition) is 0. The number of sulfonamides is 1. The van der Waals surface area contributed by atoms with Gasteiger partial charge in [-0.25, -0.2) is 12.7 Å². The van der Waals surface area contributed by atoms with Crippen molar-refractivity contribution in [2.75, 3.05) is 0 Å². The highest BCUT2D eigenvalue weighted by atomic mass is 35.5. The smallest absolute Gasteiger partial charge is 0.266 e. The molecule has 2 atom stereocenters. The third-order valence-electron chi connectivity index (χ3n) is 5.29. The van der Waals surface area contributed by atoms with Crippen LogP contribution in [0.3, 0.4) is 0 Å². The fraction of sp³-hybridized carbons (Fsp3) is 0.167. The molecule has 0 saturated carbocycles. The van der Waals surface area contributed by atoms with Crippen molar-refractivity contribution in [1.82, 2.24) is 4.31 Å². The third-order valence-corrected chi connectivity index (χ3v) is 7.48. The Morgan fingerprint density at radius 1 is 0.906 bits per heavy atom. The van der Waals surface area contributed by atoms with Gasteiger partial charge in [0.1, 0.15) is 17.9 Å². The highest BCUT2D eigenvalue weighted by molar-refractivity contribution is 7.89. The number of benzene rings is 3. The molecule has 32 heavy (non-hydrogen) atoms. The first-order valence-corrected chi connectivity index (χ1v) is 12.2. The van der Waals surface area contributed by atoms with Crippen LogP contribution in [0, 0.1) is 6.92 Å². The summed E-state index contributed by atoms with van der Waals surface area (Å²) in [6.45, 7) is 1.86. The lowest BCUT2D eigenvalue weighted by Gasteiger charge is -2.29. The highest BCUT2D eigenvalue weighted by Crippen LogP contribution is 2.39. The zero-order chi connectivity index (χ0) is 22.9. The number of Topliss-reactive ketones (excluding diaryl/α,β-unsaturated/α-hetero) is 1. The third kappa shape index (κ3) is 4.18.